The van der Waals surface area contributed by atoms with Gasteiger partial charge in [0.15, 0.2) is 0 Å². The summed E-state index contributed by atoms with van der Waals surface area (Å²) in [5, 5.41) is 5.51. The average molecular weight is 264 g/mol. The normalized spacial score (nSPS) is 27.9. The van der Waals surface area contributed by atoms with Gasteiger partial charge in [-0.2, -0.15) is 0 Å². The van der Waals surface area contributed by atoms with Crippen LogP contribution in [-0.4, -0.2) is 29.9 Å². The molecule has 98 valence electrons. The van der Waals surface area contributed by atoms with Gasteiger partial charge in [0.2, 0.25) is 5.91 Å². The Hall–Kier alpha value is -0.870. The van der Waals surface area contributed by atoms with E-state index >= 15 is 0 Å². The molecule has 0 radical (unpaired) electrons. The summed E-state index contributed by atoms with van der Waals surface area (Å²) in [6.07, 6.45) is 4.40. The Labute approximate surface area is 112 Å². The SMILES string of the molecule is CC1c2ccsc2CCN1C(=O)[C@@H]1CCCCN1. The molecule has 1 saturated heterocycles. The molecular formula is C14H20N2OS. The second-order valence-electron chi connectivity index (χ2n) is 5.26. The molecule has 1 amide bonds. The highest BCUT2D eigenvalue weighted by atomic mass is 32.1. The number of nitrogens with zero attached hydrogens (tertiary/aromatic N) is 1. The number of nitrogens with one attached hydrogen (secondary N) is 1. The van der Waals surface area contributed by atoms with Crippen LogP contribution in [0.5, 0.6) is 0 Å². The van der Waals surface area contributed by atoms with Crippen LogP contribution in [0.25, 0.3) is 0 Å². The van der Waals surface area contributed by atoms with Crippen molar-refractivity contribution in [3.8, 4) is 0 Å². The molecule has 1 fully saturated rings. The highest BCUT2D eigenvalue weighted by molar-refractivity contribution is 7.10. The van der Waals surface area contributed by atoms with Crippen molar-refractivity contribution in [3.63, 3.8) is 0 Å². The van der Waals surface area contributed by atoms with Gasteiger partial charge in [-0.3, -0.25) is 4.79 Å². The number of carbonyl (C=O) groups excluding carboxylic acids is 1. The van der Waals surface area contributed by atoms with Gasteiger partial charge in [0.25, 0.3) is 0 Å². The van der Waals surface area contributed by atoms with Crippen LogP contribution in [0.15, 0.2) is 11.4 Å². The first-order valence-corrected chi connectivity index (χ1v) is 7.75. The fourth-order valence-electron chi connectivity index (χ4n) is 3.07. The fourth-order valence-corrected chi connectivity index (χ4v) is 4.04. The van der Waals surface area contributed by atoms with Crippen molar-refractivity contribution in [2.24, 2.45) is 0 Å². The molecule has 1 N–H and O–H groups in total. The van der Waals surface area contributed by atoms with Crippen LogP contribution in [0.2, 0.25) is 0 Å². The summed E-state index contributed by atoms with van der Waals surface area (Å²) >= 11 is 1.82. The maximum absolute atomic E-state index is 12.6. The molecule has 1 aromatic heterocycles. The first kappa shape index (κ1) is 12.2. The van der Waals surface area contributed by atoms with Crippen molar-refractivity contribution in [2.75, 3.05) is 13.1 Å². The van der Waals surface area contributed by atoms with Crippen molar-refractivity contribution in [1.29, 1.82) is 0 Å². The fraction of sp³-hybridized carbons (Fsp3) is 0.643. The third-order valence-electron chi connectivity index (χ3n) is 4.17. The Morgan fingerprint density at radius 1 is 1.50 bits per heavy atom. The standard InChI is InChI=1S/C14H20N2OS/c1-10-11-6-9-18-13(11)5-8-16(10)14(17)12-4-2-3-7-15-12/h6,9-10,12,15H,2-5,7-8H2,1H3/t10?,12-/m0/s1. The van der Waals surface area contributed by atoms with E-state index in [-0.39, 0.29) is 12.1 Å². The molecule has 3 nitrogen and oxygen atoms in total. The van der Waals surface area contributed by atoms with Crippen LogP contribution in [-0.2, 0) is 11.2 Å². The van der Waals surface area contributed by atoms with E-state index in [1.54, 1.807) is 0 Å². The molecule has 1 aromatic rings. The molecule has 3 heterocycles. The molecule has 2 aliphatic rings. The number of piperidine rings is 1. The predicted octanol–water partition coefficient (Wildman–Crippen LogP) is 2.34. The number of rotatable bonds is 1. The zero-order valence-corrected chi connectivity index (χ0v) is 11.6. The van der Waals surface area contributed by atoms with Crippen LogP contribution in [0.1, 0.15) is 42.7 Å². The zero-order valence-electron chi connectivity index (χ0n) is 10.8. The summed E-state index contributed by atoms with van der Waals surface area (Å²) in [5.41, 5.74) is 1.36. The lowest BCUT2D eigenvalue weighted by Crippen LogP contribution is -2.50. The first-order chi connectivity index (χ1) is 8.77. The van der Waals surface area contributed by atoms with Crippen LogP contribution < -0.4 is 5.32 Å². The summed E-state index contributed by atoms with van der Waals surface area (Å²) < 4.78 is 0. The molecule has 1 unspecified atom stereocenters. The van der Waals surface area contributed by atoms with Gasteiger partial charge in [-0.05, 0) is 49.7 Å². The quantitative estimate of drug-likeness (QED) is 0.844. The third kappa shape index (κ3) is 2.08. The molecule has 0 aliphatic carbocycles. The van der Waals surface area contributed by atoms with Crippen molar-refractivity contribution in [2.45, 2.75) is 44.7 Å². The average Bonchev–Trinajstić information content (AvgIpc) is 2.89. The maximum Gasteiger partial charge on any atom is 0.240 e. The van der Waals surface area contributed by atoms with Crippen LogP contribution in [0, 0.1) is 0 Å². The zero-order chi connectivity index (χ0) is 12.5. The van der Waals surface area contributed by atoms with Gasteiger partial charge < -0.3 is 10.2 Å². The largest absolute Gasteiger partial charge is 0.334 e. The van der Waals surface area contributed by atoms with Crippen LogP contribution >= 0.6 is 11.3 Å². The van der Waals surface area contributed by atoms with Gasteiger partial charge in [-0.1, -0.05) is 6.42 Å². The summed E-state index contributed by atoms with van der Waals surface area (Å²) in [6, 6.07) is 2.48. The number of hydrogen-bond acceptors (Lipinski definition) is 3. The molecule has 2 atom stereocenters. The van der Waals surface area contributed by atoms with Crippen molar-refractivity contribution in [1.82, 2.24) is 10.2 Å². The van der Waals surface area contributed by atoms with E-state index in [0.29, 0.717) is 5.91 Å². The summed E-state index contributed by atoms with van der Waals surface area (Å²) in [6.45, 7) is 4.03. The highest BCUT2D eigenvalue weighted by Gasteiger charge is 2.32. The Bertz CT molecular complexity index is 437. The molecule has 0 saturated carbocycles. The Balaban J connectivity index is 1.75. The number of fused-ring (bicyclic) bond motifs is 1. The predicted molar refractivity (Wildman–Crippen MR) is 73.8 cm³/mol. The topological polar surface area (TPSA) is 32.3 Å². The minimum atomic E-state index is 0.0568. The monoisotopic (exact) mass is 264 g/mol. The lowest BCUT2D eigenvalue weighted by Gasteiger charge is -2.37. The van der Waals surface area contributed by atoms with Crippen LogP contribution in [0.3, 0.4) is 0 Å². The van der Waals surface area contributed by atoms with Gasteiger partial charge in [0.05, 0.1) is 12.1 Å². The molecule has 0 aromatic carbocycles. The van der Waals surface area contributed by atoms with Crippen molar-refractivity contribution in [3.05, 3.63) is 21.9 Å². The van der Waals surface area contributed by atoms with Crippen molar-refractivity contribution >= 4 is 17.2 Å². The van der Waals surface area contributed by atoms with E-state index in [1.165, 1.54) is 23.3 Å². The van der Waals surface area contributed by atoms with Gasteiger partial charge in [-0.15, -0.1) is 11.3 Å². The molecule has 0 bridgehead atoms. The van der Waals surface area contributed by atoms with E-state index in [9.17, 15) is 4.79 Å². The van der Waals surface area contributed by atoms with Gasteiger partial charge in [-0.25, -0.2) is 0 Å². The molecule has 2 aliphatic heterocycles. The maximum atomic E-state index is 12.6. The number of amides is 1. The summed E-state index contributed by atoms with van der Waals surface area (Å²) in [7, 11) is 0. The van der Waals surface area contributed by atoms with Gasteiger partial charge >= 0.3 is 0 Å². The van der Waals surface area contributed by atoms with E-state index in [1.807, 2.05) is 11.3 Å². The molecule has 3 rings (SSSR count). The minimum Gasteiger partial charge on any atom is -0.334 e. The van der Waals surface area contributed by atoms with E-state index < -0.39 is 0 Å². The lowest BCUT2D eigenvalue weighted by molar-refractivity contribution is -0.136. The van der Waals surface area contributed by atoms with E-state index in [4.69, 9.17) is 0 Å². The van der Waals surface area contributed by atoms with Crippen LogP contribution in [0.4, 0.5) is 0 Å². The van der Waals surface area contributed by atoms with E-state index in [0.717, 1.165) is 25.9 Å². The second kappa shape index (κ2) is 5.02. The Morgan fingerprint density at radius 2 is 2.39 bits per heavy atom. The van der Waals surface area contributed by atoms with E-state index in [2.05, 4.69) is 28.6 Å². The summed E-state index contributed by atoms with van der Waals surface area (Å²) in [4.78, 5) is 16.1. The second-order valence-corrected chi connectivity index (χ2v) is 6.26. The molecule has 4 heteroatoms. The highest BCUT2D eigenvalue weighted by Crippen LogP contribution is 2.33. The number of hydrogen-bond donors (Lipinski definition) is 1. The summed E-state index contributed by atoms with van der Waals surface area (Å²) in [5.74, 6) is 0.305. The number of carbonyl (C=O) groups is 1. The molecular weight excluding hydrogens is 244 g/mol. The van der Waals surface area contributed by atoms with Gasteiger partial charge in [0.1, 0.15) is 0 Å². The Morgan fingerprint density at radius 3 is 3.17 bits per heavy atom. The smallest absolute Gasteiger partial charge is 0.240 e. The minimum absolute atomic E-state index is 0.0568. The van der Waals surface area contributed by atoms with Gasteiger partial charge in [0, 0.05) is 11.4 Å². The number of thiophene rings is 1. The Kier molecular flexibility index (Phi) is 3.39. The molecule has 18 heavy (non-hydrogen) atoms. The first-order valence-electron chi connectivity index (χ1n) is 6.87. The van der Waals surface area contributed by atoms with Crippen molar-refractivity contribution < 1.29 is 4.79 Å². The molecule has 0 spiro atoms. The lowest BCUT2D eigenvalue weighted by atomic mass is 9.98. The third-order valence-corrected chi connectivity index (χ3v) is 5.17.